The molecule has 1 atom stereocenters. The summed E-state index contributed by atoms with van der Waals surface area (Å²) in [5.74, 6) is 1.83. The van der Waals surface area contributed by atoms with Gasteiger partial charge in [0.1, 0.15) is 0 Å². The SMILES string of the molecule is Cc1ccccc1-c1nnc2n1NC(c1ccccc1)CS2. The van der Waals surface area contributed by atoms with Gasteiger partial charge in [-0.2, -0.15) is 0 Å². The Morgan fingerprint density at radius 3 is 2.64 bits per heavy atom. The van der Waals surface area contributed by atoms with Crippen molar-refractivity contribution >= 4 is 11.8 Å². The number of benzene rings is 2. The zero-order valence-corrected chi connectivity index (χ0v) is 13.0. The van der Waals surface area contributed by atoms with Gasteiger partial charge >= 0.3 is 0 Å². The molecule has 2 heterocycles. The Hall–Kier alpha value is -2.27. The normalized spacial score (nSPS) is 16.9. The fourth-order valence-electron chi connectivity index (χ4n) is 2.69. The molecule has 2 aromatic carbocycles. The van der Waals surface area contributed by atoms with E-state index in [1.54, 1.807) is 11.8 Å². The summed E-state index contributed by atoms with van der Waals surface area (Å²) in [6.45, 7) is 2.10. The third-order valence-electron chi connectivity index (χ3n) is 3.89. The van der Waals surface area contributed by atoms with E-state index in [0.29, 0.717) is 0 Å². The van der Waals surface area contributed by atoms with E-state index < -0.39 is 0 Å². The minimum Gasteiger partial charge on any atom is -0.314 e. The van der Waals surface area contributed by atoms with E-state index in [1.807, 2.05) is 22.9 Å². The lowest BCUT2D eigenvalue weighted by Crippen LogP contribution is -2.28. The lowest BCUT2D eigenvalue weighted by Gasteiger charge is -2.26. The van der Waals surface area contributed by atoms with Crippen LogP contribution in [0.2, 0.25) is 0 Å². The van der Waals surface area contributed by atoms with Crippen molar-refractivity contribution in [2.45, 2.75) is 18.1 Å². The summed E-state index contributed by atoms with van der Waals surface area (Å²) in [6.07, 6.45) is 0. The molecule has 1 aliphatic rings. The minimum atomic E-state index is 0.262. The van der Waals surface area contributed by atoms with Crippen LogP contribution in [0.5, 0.6) is 0 Å². The van der Waals surface area contributed by atoms with Crippen LogP contribution in [0.25, 0.3) is 11.4 Å². The third kappa shape index (κ3) is 2.27. The van der Waals surface area contributed by atoms with Gasteiger partial charge in [0.2, 0.25) is 5.16 Å². The van der Waals surface area contributed by atoms with E-state index in [0.717, 1.165) is 22.3 Å². The van der Waals surface area contributed by atoms with Crippen LogP contribution < -0.4 is 5.43 Å². The predicted octanol–water partition coefficient (Wildman–Crippen LogP) is 3.64. The van der Waals surface area contributed by atoms with Gasteiger partial charge in [-0.3, -0.25) is 0 Å². The van der Waals surface area contributed by atoms with Gasteiger partial charge in [-0.25, -0.2) is 4.68 Å². The molecule has 5 heteroatoms. The summed E-state index contributed by atoms with van der Waals surface area (Å²) in [4.78, 5) is 0. The molecular formula is C17H16N4S. The average molecular weight is 308 g/mol. The summed E-state index contributed by atoms with van der Waals surface area (Å²) in [6, 6.07) is 19.0. The summed E-state index contributed by atoms with van der Waals surface area (Å²) < 4.78 is 2.02. The van der Waals surface area contributed by atoms with Crippen LogP contribution >= 0.6 is 11.8 Å². The highest BCUT2D eigenvalue weighted by Crippen LogP contribution is 2.33. The first-order valence-electron chi connectivity index (χ1n) is 7.28. The largest absolute Gasteiger partial charge is 0.314 e. The lowest BCUT2D eigenvalue weighted by molar-refractivity contribution is 0.663. The number of nitrogens with one attached hydrogen (secondary N) is 1. The molecule has 0 radical (unpaired) electrons. The highest BCUT2D eigenvalue weighted by Gasteiger charge is 2.24. The Morgan fingerprint density at radius 2 is 1.82 bits per heavy atom. The fourth-order valence-corrected chi connectivity index (χ4v) is 3.63. The van der Waals surface area contributed by atoms with Gasteiger partial charge in [0, 0.05) is 11.3 Å². The summed E-state index contributed by atoms with van der Waals surface area (Å²) in [7, 11) is 0. The highest BCUT2D eigenvalue weighted by atomic mass is 32.2. The van der Waals surface area contributed by atoms with E-state index in [-0.39, 0.29) is 6.04 Å². The second-order valence-corrected chi connectivity index (χ2v) is 6.35. The molecule has 0 saturated heterocycles. The number of hydrogen-bond donors (Lipinski definition) is 1. The molecule has 0 fully saturated rings. The summed E-state index contributed by atoms with van der Waals surface area (Å²) in [5, 5.41) is 9.62. The Kier molecular flexibility index (Phi) is 3.35. The molecule has 0 aliphatic carbocycles. The van der Waals surface area contributed by atoms with Gasteiger partial charge in [0.25, 0.3) is 0 Å². The Bertz CT molecular complexity index is 797. The van der Waals surface area contributed by atoms with Crippen LogP contribution in [0.15, 0.2) is 59.8 Å². The number of nitrogens with zero attached hydrogens (tertiary/aromatic N) is 3. The maximum atomic E-state index is 4.39. The van der Waals surface area contributed by atoms with Crippen molar-refractivity contribution < 1.29 is 0 Å². The third-order valence-corrected chi connectivity index (χ3v) is 4.91. The first-order valence-corrected chi connectivity index (χ1v) is 8.27. The van der Waals surface area contributed by atoms with Gasteiger partial charge in [0.15, 0.2) is 5.82 Å². The Balaban J connectivity index is 1.73. The summed E-state index contributed by atoms with van der Waals surface area (Å²) in [5.41, 5.74) is 7.16. The molecule has 1 aliphatic heterocycles. The molecule has 4 nitrogen and oxygen atoms in total. The topological polar surface area (TPSA) is 42.7 Å². The number of aryl methyl sites for hydroxylation is 1. The van der Waals surface area contributed by atoms with Gasteiger partial charge in [0.05, 0.1) is 6.04 Å². The van der Waals surface area contributed by atoms with Crippen molar-refractivity contribution in [1.82, 2.24) is 14.9 Å². The molecule has 1 N–H and O–H groups in total. The number of fused-ring (bicyclic) bond motifs is 1. The molecule has 3 aromatic rings. The lowest BCUT2D eigenvalue weighted by atomic mass is 10.1. The van der Waals surface area contributed by atoms with Crippen LogP contribution in [0.1, 0.15) is 17.2 Å². The Labute approximate surface area is 133 Å². The van der Waals surface area contributed by atoms with Crippen LogP contribution in [0.4, 0.5) is 0 Å². The molecular weight excluding hydrogens is 292 g/mol. The zero-order valence-electron chi connectivity index (χ0n) is 12.2. The van der Waals surface area contributed by atoms with Crippen molar-refractivity contribution in [3.05, 3.63) is 65.7 Å². The Morgan fingerprint density at radius 1 is 1.05 bits per heavy atom. The maximum Gasteiger partial charge on any atom is 0.210 e. The van der Waals surface area contributed by atoms with Gasteiger partial charge in [-0.05, 0) is 18.1 Å². The molecule has 0 saturated carbocycles. The molecule has 0 amide bonds. The number of thioether (sulfide) groups is 1. The second kappa shape index (κ2) is 5.50. The number of aromatic nitrogens is 3. The van der Waals surface area contributed by atoms with E-state index in [2.05, 4.69) is 58.9 Å². The molecule has 1 aromatic heterocycles. The summed E-state index contributed by atoms with van der Waals surface area (Å²) >= 11 is 1.74. The van der Waals surface area contributed by atoms with Gasteiger partial charge < -0.3 is 5.43 Å². The smallest absolute Gasteiger partial charge is 0.210 e. The van der Waals surface area contributed by atoms with Crippen molar-refractivity contribution in [1.29, 1.82) is 0 Å². The highest BCUT2D eigenvalue weighted by molar-refractivity contribution is 7.99. The van der Waals surface area contributed by atoms with Crippen LogP contribution in [0.3, 0.4) is 0 Å². The van der Waals surface area contributed by atoms with Gasteiger partial charge in [-0.15, -0.1) is 10.2 Å². The van der Waals surface area contributed by atoms with Crippen LogP contribution in [-0.4, -0.2) is 20.6 Å². The van der Waals surface area contributed by atoms with Crippen molar-refractivity contribution in [2.75, 3.05) is 11.2 Å². The molecule has 0 bridgehead atoms. The van der Waals surface area contributed by atoms with Crippen LogP contribution in [-0.2, 0) is 0 Å². The van der Waals surface area contributed by atoms with Crippen molar-refractivity contribution in [2.24, 2.45) is 0 Å². The first kappa shape index (κ1) is 13.4. The van der Waals surface area contributed by atoms with E-state index in [4.69, 9.17) is 0 Å². The first-order chi connectivity index (χ1) is 10.8. The quantitative estimate of drug-likeness (QED) is 0.785. The second-order valence-electron chi connectivity index (χ2n) is 5.36. The molecule has 4 rings (SSSR count). The maximum absolute atomic E-state index is 4.39. The molecule has 0 spiro atoms. The van der Waals surface area contributed by atoms with Crippen molar-refractivity contribution in [3.8, 4) is 11.4 Å². The molecule has 110 valence electrons. The molecule has 22 heavy (non-hydrogen) atoms. The number of hydrogen-bond acceptors (Lipinski definition) is 4. The van der Waals surface area contributed by atoms with E-state index >= 15 is 0 Å². The average Bonchev–Trinajstić information content (AvgIpc) is 2.99. The fraction of sp³-hybridized carbons (Fsp3) is 0.176. The minimum absolute atomic E-state index is 0.262. The van der Waals surface area contributed by atoms with Crippen LogP contribution in [0, 0.1) is 6.92 Å². The van der Waals surface area contributed by atoms with E-state index in [1.165, 1.54) is 11.1 Å². The number of rotatable bonds is 2. The van der Waals surface area contributed by atoms with Gasteiger partial charge in [-0.1, -0.05) is 66.4 Å². The van der Waals surface area contributed by atoms with Crippen molar-refractivity contribution in [3.63, 3.8) is 0 Å². The standard InChI is InChI=1S/C17H16N4S/c1-12-7-5-6-10-14(12)16-18-19-17-21(16)20-15(11-22-17)13-8-3-2-4-9-13/h2-10,15,20H,11H2,1H3. The monoisotopic (exact) mass is 308 g/mol. The zero-order chi connectivity index (χ0) is 14.9. The molecule has 1 unspecified atom stereocenters. The predicted molar refractivity (Wildman–Crippen MR) is 89.5 cm³/mol. The van der Waals surface area contributed by atoms with E-state index in [9.17, 15) is 0 Å².